The molecule has 19 heavy (non-hydrogen) atoms. The van der Waals surface area contributed by atoms with Crippen molar-refractivity contribution in [2.75, 3.05) is 4.90 Å². The number of aldehydes is 1. The van der Waals surface area contributed by atoms with E-state index in [2.05, 4.69) is 0 Å². The second-order valence-electron chi connectivity index (χ2n) is 5.22. The average molecular weight is 265 g/mol. The van der Waals surface area contributed by atoms with E-state index in [1.807, 2.05) is 0 Å². The number of rotatable bonds is 3. The van der Waals surface area contributed by atoms with Crippen molar-refractivity contribution in [2.45, 2.75) is 39.3 Å². The lowest BCUT2D eigenvalue weighted by atomic mass is 10.2. The normalized spacial score (nSPS) is 12.6. The van der Waals surface area contributed by atoms with Crippen LogP contribution in [0.2, 0.25) is 0 Å². The molecule has 0 aromatic heterocycles. The number of carbonyl (C=O) groups excluding carboxylic acids is 2. The van der Waals surface area contributed by atoms with Crippen molar-refractivity contribution in [1.82, 2.24) is 0 Å². The van der Waals surface area contributed by atoms with Gasteiger partial charge in [-0.25, -0.2) is 4.79 Å². The molecular formula is C14H19NO4. The summed E-state index contributed by atoms with van der Waals surface area (Å²) < 4.78 is 5.25. The van der Waals surface area contributed by atoms with Gasteiger partial charge in [-0.3, -0.25) is 4.90 Å². The molecule has 0 spiro atoms. The van der Waals surface area contributed by atoms with Crippen molar-refractivity contribution in [1.29, 1.82) is 0 Å². The number of para-hydroxylation sites is 2. The molecule has 0 saturated carbocycles. The molecule has 1 amide bonds. The molecule has 1 unspecified atom stereocenters. The molecule has 0 bridgehead atoms. The summed E-state index contributed by atoms with van der Waals surface area (Å²) in [7, 11) is 0. The predicted molar refractivity (Wildman–Crippen MR) is 72.3 cm³/mol. The highest BCUT2D eigenvalue weighted by atomic mass is 16.6. The maximum atomic E-state index is 12.1. The Hall–Kier alpha value is -2.04. The molecule has 0 fully saturated rings. The van der Waals surface area contributed by atoms with Crippen LogP contribution in [0.15, 0.2) is 24.3 Å². The smallest absolute Gasteiger partial charge is 0.415 e. The molecule has 5 heteroatoms. The van der Waals surface area contributed by atoms with E-state index in [0.29, 0.717) is 6.29 Å². The van der Waals surface area contributed by atoms with Gasteiger partial charge >= 0.3 is 6.09 Å². The summed E-state index contributed by atoms with van der Waals surface area (Å²) in [5.41, 5.74) is -0.432. The third-order valence-electron chi connectivity index (χ3n) is 2.34. The number of carbonyl (C=O) groups is 2. The standard InChI is InChI=1S/C14H19NO4/c1-10(9-16)15(13(18)19-14(2,3)4)11-7-5-6-8-12(11)17/h5-10,17H,1-4H3. The summed E-state index contributed by atoms with van der Waals surface area (Å²) in [4.78, 5) is 24.2. The van der Waals surface area contributed by atoms with Gasteiger partial charge in [0.05, 0.1) is 11.7 Å². The van der Waals surface area contributed by atoms with Gasteiger partial charge in [0.15, 0.2) is 0 Å². The second-order valence-corrected chi connectivity index (χ2v) is 5.22. The highest BCUT2D eigenvalue weighted by Gasteiger charge is 2.28. The minimum absolute atomic E-state index is 0.0814. The number of aromatic hydroxyl groups is 1. The predicted octanol–water partition coefficient (Wildman–Crippen LogP) is 2.72. The zero-order chi connectivity index (χ0) is 14.6. The molecule has 0 aliphatic rings. The zero-order valence-corrected chi connectivity index (χ0v) is 11.6. The molecule has 0 aliphatic carbocycles. The van der Waals surface area contributed by atoms with Gasteiger partial charge < -0.3 is 14.6 Å². The zero-order valence-electron chi connectivity index (χ0n) is 11.6. The van der Waals surface area contributed by atoms with Gasteiger partial charge in [-0.1, -0.05) is 12.1 Å². The lowest BCUT2D eigenvalue weighted by molar-refractivity contribution is -0.108. The highest BCUT2D eigenvalue weighted by molar-refractivity contribution is 5.94. The Balaban J connectivity index is 3.13. The summed E-state index contributed by atoms with van der Waals surface area (Å²) in [6.45, 7) is 6.77. The molecule has 104 valence electrons. The van der Waals surface area contributed by atoms with Crippen LogP contribution in [-0.4, -0.2) is 29.1 Å². The Labute approximate surface area is 112 Å². The summed E-state index contributed by atoms with van der Waals surface area (Å²) in [6, 6.07) is 5.58. The third-order valence-corrected chi connectivity index (χ3v) is 2.34. The Morgan fingerprint density at radius 1 is 1.37 bits per heavy atom. The van der Waals surface area contributed by atoms with Gasteiger partial charge in [0.2, 0.25) is 0 Å². The Morgan fingerprint density at radius 3 is 2.42 bits per heavy atom. The van der Waals surface area contributed by atoms with Crippen LogP contribution < -0.4 is 4.90 Å². The van der Waals surface area contributed by atoms with Crippen LogP contribution in [0.1, 0.15) is 27.7 Å². The number of hydrogen-bond donors (Lipinski definition) is 1. The number of phenols is 1. The molecule has 1 aromatic carbocycles. The topological polar surface area (TPSA) is 66.8 Å². The van der Waals surface area contributed by atoms with Crippen LogP contribution in [0, 0.1) is 0 Å². The molecule has 0 heterocycles. The minimum atomic E-state index is -0.733. The first-order valence-corrected chi connectivity index (χ1v) is 6.02. The SMILES string of the molecule is CC(C=O)N(C(=O)OC(C)(C)C)c1ccccc1O. The van der Waals surface area contributed by atoms with Gasteiger partial charge in [-0.05, 0) is 39.8 Å². The first-order valence-electron chi connectivity index (χ1n) is 6.02. The quantitative estimate of drug-likeness (QED) is 0.853. The van der Waals surface area contributed by atoms with Gasteiger partial charge in [-0.15, -0.1) is 0 Å². The van der Waals surface area contributed by atoms with Crippen LogP contribution in [0.5, 0.6) is 5.75 Å². The van der Waals surface area contributed by atoms with Crippen LogP contribution in [0.3, 0.4) is 0 Å². The summed E-state index contributed by atoms with van der Waals surface area (Å²) in [5.74, 6) is -0.0814. The molecule has 0 saturated heterocycles. The Morgan fingerprint density at radius 2 is 1.95 bits per heavy atom. The molecule has 0 aliphatic heterocycles. The fraction of sp³-hybridized carbons (Fsp3) is 0.429. The van der Waals surface area contributed by atoms with Crippen molar-refractivity contribution in [3.05, 3.63) is 24.3 Å². The monoisotopic (exact) mass is 265 g/mol. The fourth-order valence-corrected chi connectivity index (χ4v) is 1.52. The van der Waals surface area contributed by atoms with E-state index in [1.54, 1.807) is 45.9 Å². The molecule has 0 radical (unpaired) electrons. The fourth-order valence-electron chi connectivity index (χ4n) is 1.52. The summed E-state index contributed by atoms with van der Waals surface area (Å²) in [6.07, 6.45) is -0.0512. The van der Waals surface area contributed by atoms with E-state index in [0.717, 1.165) is 4.90 Å². The number of ether oxygens (including phenoxy) is 1. The molecule has 1 aromatic rings. The molecule has 5 nitrogen and oxygen atoms in total. The van der Waals surface area contributed by atoms with Crippen LogP contribution in [0.25, 0.3) is 0 Å². The van der Waals surface area contributed by atoms with Crippen molar-refractivity contribution in [2.24, 2.45) is 0 Å². The Kier molecular flexibility index (Phi) is 4.53. The third kappa shape index (κ3) is 3.98. The van der Waals surface area contributed by atoms with Gasteiger partial charge in [0.25, 0.3) is 0 Å². The average Bonchev–Trinajstić information content (AvgIpc) is 2.29. The van der Waals surface area contributed by atoms with E-state index < -0.39 is 17.7 Å². The maximum Gasteiger partial charge on any atom is 0.415 e. The highest BCUT2D eigenvalue weighted by Crippen LogP contribution is 2.29. The maximum absolute atomic E-state index is 12.1. The first kappa shape index (κ1) is 15.0. The van der Waals surface area contributed by atoms with Crippen molar-refractivity contribution in [3.63, 3.8) is 0 Å². The lowest BCUT2D eigenvalue weighted by Crippen LogP contribution is -2.43. The van der Waals surface area contributed by atoms with E-state index >= 15 is 0 Å². The molecule has 1 N–H and O–H groups in total. The summed E-state index contributed by atoms with van der Waals surface area (Å²) >= 11 is 0. The number of benzene rings is 1. The summed E-state index contributed by atoms with van der Waals surface area (Å²) in [5, 5.41) is 9.81. The van der Waals surface area contributed by atoms with Gasteiger partial charge in [0, 0.05) is 0 Å². The van der Waals surface area contributed by atoms with E-state index in [1.165, 1.54) is 6.07 Å². The number of nitrogens with zero attached hydrogens (tertiary/aromatic N) is 1. The number of phenolic OH excluding ortho intramolecular Hbond substituents is 1. The Bertz CT molecular complexity index is 465. The van der Waals surface area contributed by atoms with E-state index in [-0.39, 0.29) is 11.4 Å². The van der Waals surface area contributed by atoms with Gasteiger partial charge in [-0.2, -0.15) is 0 Å². The first-order chi connectivity index (χ1) is 8.76. The lowest BCUT2D eigenvalue weighted by Gasteiger charge is -2.29. The number of amides is 1. The second kappa shape index (κ2) is 5.73. The van der Waals surface area contributed by atoms with Crippen molar-refractivity contribution >= 4 is 18.1 Å². The minimum Gasteiger partial charge on any atom is -0.506 e. The van der Waals surface area contributed by atoms with Crippen molar-refractivity contribution in [3.8, 4) is 5.75 Å². The number of anilines is 1. The van der Waals surface area contributed by atoms with Crippen LogP contribution in [-0.2, 0) is 9.53 Å². The molecule has 1 rings (SSSR count). The van der Waals surface area contributed by atoms with E-state index in [9.17, 15) is 14.7 Å². The van der Waals surface area contributed by atoms with E-state index in [4.69, 9.17) is 4.74 Å². The molecular weight excluding hydrogens is 246 g/mol. The van der Waals surface area contributed by atoms with Crippen LogP contribution in [0.4, 0.5) is 10.5 Å². The largest absolute Gasteiger partial charge is 0.506 e. The van der Waals surface area contributed by atoms with Crippen LogP contribution >= 0.6 is 0 Å². The van der Waals surface area contributed by atoms with Crippen molar-refractivity contribution < 1.29 is 19.4 Å². The molecule has 1 atom stereocenters. The number of hydrogen-bond acceptors (Lipinski definition) is 4. The van der Waals surface area contributed by atoms with Gasteiger partial charge in [0.1, 0.15) is 17.6 Å².